The predicted molar refractivity (Wildman–Crippen MR) is 128 cm³/mol. The summed E-state index contributed by atoms with van der Waals surface area (Å²) in [5, 5.41) is 1.38. The Morgan fingerprint density at radius 2 is 1.73 bits per heavy atom. The van der Waals surface area contributed by atoms with E-state index in [0.717, 1.165) is 25.6 Å². The lowest BCUT2D eigenvalue weighted by molar-refractivity contribution is 0.172. The van der Waals surface area contributed by atoms with Crippen molar-refractivity contribution < 1.29 is 0 Å². The van der Waals surface area contributed by atoms with E-state index in [1.165, 1.54) is 67.2 Å². The van der Waals surface area contributed by atoms with Gasteiger partial charge in [0.25, 0.3) is 0 Å². The Labute approximate surface area is 182 Å². The maximum atomic E-state index is 2.65. The molecule has 0 bridgehead atoms. The molecule has 2 heterocycles. The standard InChI is InChI=1S/C27H37N3/c1-28(2)16-6-17-30-20-15-26-21-25(11-12-27(26)30)22-29-18-13-24(14-19-29)10-9-23-7-4-3-5-8-23/h3-5,7-8,11-12,15,20-21,24H,6,9-10,13-14,16-19,22H2,1-2H3. The lowest BCUT2D eigenvalue weighted by atomic mass is 9.90. The molecule has 1 fully saturated rings. The number of fused-ring (bicyclic) bond motifs is 1. The van der Waals surface area contributed by atoms with Crippen LogP contribution in [0, 0.1) is 5.92 Å². The zero-order chi connectivity index (χ0) is 20.8. The highest BCUT2D eigenvalue weighted by atomic mass is 15.1. The van der Waals surface area contributed by atoms with Crippen molar-refractivity contribution in [3.05, 3.63) is 71.9 Å². The molecule has 2 aromatic carbocycles. The second-order valence-electron chi connectivity index (χ2n) is 9.30. The summed E-state index contributed by atoms with van der Waals surface area (Å²) in [4.78, 5) is 4.91. The van der Waals surface area contributed by atoms with Crippen LogP contribution in [0.2, 0.25) is 0 Å². The molecule has 0 radical (unpaired) electrons. The van der Waals surface area contributed by atoms with Crippen molar-refractivity contribution in [2.75, 3.05) is 33.7 Å². The van der Waals surface area contributed by atoms with Crippen LogP contribution < -0.4 is 0 Å². The molecule has 3 aromatic rings. The molecular formula is C27H37N3. The lowest BCUT2D eigenvalue weighted by Gasteiger charge is -2.32. The summed E-state index contributed by atoms with van der Waals surface area (Å²) in [6, 6.07) is 20.3. The van der Waals surface area contributed by atoms with Gasteiger partial charge in [0, 0.05) is 24.8 Å². The first-order chi connectivity index (χ1) is 14.7. The molecule has 160 valence electrons. The highest BCUT2D eigenvalue weighted by molar-refractivity contribution is 5.80. The molecule has 3 nitrogen and oxygen atoms in total. The molecule has 0 spiro atoms. The number of hydrogen-bond acceptors (Lipinski definition) is 2. The second-order valence-corrected chi connectivity index (χ2v) is 9.30. The van der Waals surface area contributed by atoms with Gasteiger partial charge in [0.05, 0.1) is 0 Å². The Bertz CT molecular complexity index is 904. The summed E-state index contributed by atoms with van der Waals surface area (Å²) in [5.41, 5.74) is 4.32. The minimum Gasteiger partial charge on any atom is -0.347 e. The van der Waals surface area contributed by atoms with Crippen LogP contribution in [0.5, 0.6) is 0 Å². The van der Waals surface area contributed by atoms with Gasteiger partial charge in [-0.25, -0.2) is 0 Å². The van der Waals surface area contributed by atoms with Crippen molar-refractivity contribution in [2.24, 2.45) is 5.92 Å². The molecule has 3 heteroatoms. The van der Waals surface area contributed by atoms with Crippen molar-refractivity contribution in [3.63, 3.8) is 0 Å². The molecule has 1 saturated heterocycles. The molecule has 0 saturated carbocycles. The van der Waals surface area contributed by atoms with Crippen LogP contribution in [0.4, 0.5) is 0 Å². The van der Waals surface area contributed by atoms with Crippen molar-refractivity contribution in [2.45, 2.75) is 45.2 Å². The summed E-state index contributed by atoms with van der Waals surface area (Å²) in [6.45, 7) is 5.80. The van der Waals surface area contributed by atoms with E-state index in [0.29, 0.717) is 0 Å². The molecule has 0 N–H and O–H groups in total. The van der Waals surface area contributed by atoms with Crippen LogP contribution in [0.25, 0.3) is 10.9 Å². The molecule has 0 aliphatic carbocycles. The number of aromatic nitrogens is 1. The third-order valence-corrected chi connectivity index (χ3v) is 6.64. The van der Waals surface area contributed by atoms with Crippen molar-refractivity contribution in [1.82, 2.24) is 14.4 Å². The quantitative estimate of drug-likeness (QED) is 0.471. The smallest absolute Gasteiger partial charge is 0.0480 e. The van der Waals surface area contributed by atoms with E-state index in [4.69, 9.17) is 0 Å². The fourth-order valence-electron chi connectivity index (χ4n) is 4.81. The fraction of sp³-hybridized carbons (Fsp3) is 0.481. The summed E-state index contributed by atoms with van der Waals surface area (Å²) in [6.07, 6.45) is 8.70. The first-order valence-electron chi connectivity index (χ1n) is 11.7. The van der Waals surface area contributed by atoms with Gasteiger partial charge in [-0.05, 0) is 106 Å². The molecule has 1 aliphatic rings. The van der Waals surface area contributed by atoms with Gasteiger partial charge >= 0.3 is 0 Å². The van der Waals surface area contributed by atoms with E-state index in [-0.39, 0.29) is 0 Å². The van der Waals surface area contributed by atoms with Crippen molar-refractivity contribution >= 4 is 10.9 Å². The van der Waals surface area contributed by atoms with Crippen LogP contribution in [0.15, 0.2) is 60.8 Å². The van der Waals surface area contributed by atoms with Gasteiger partial charge in [-0.1, -0.05) is 36.4 Å². The van der Waals surface area contributed by atoms with E-state index in [9.17, 15) is 0 Å². The summed E-state index contributed by atoms with van der Waals surface area (Å²) in [5.74, 6) is 0.889. The van der Waals surface area contributed by atoms with Crippen LogP contribution in [-0.2, 0) is 19.5 Å². The molecule has 0 unspecified atom stereocenters. The zero-order valence-electron chi connectivity index (χ0n) is 18.8. The molecule has 1 aliphatic heterocycles. The largest absolute Gasteiger partial charge is 0.347 e. The molecule has 4 rings (SSSR count). The predicted octanol–water partition coefficient (Wildman–Crippen LogP) is 5.44. The Hall–Kier alpha value is -2.10. The van der Waals surface area contributed by atoms with Gasteiger partial charge in [0.15, 0.2) is 0 Å². The van der Waals surface area contributed by atoms with Crippen molar-refractivity contribution in [1.29, 1.82) is 0 Å². The highest BCUT2D eigenvalue weighted by Crippen LogP contribution is 2.25. The molecule has 30 heavy (non-hydrogen) atoms. The number of benzene rings is 2. The monoisotopic (exact) mass is 403 g/mol. The molecular weight excluding hydrogens is 366 g/mol. The van der Waals surface area contributed by atoms with E-state index >= 15 is 0 Å². The Morgan fingerprint density at radius 3 is 2.50 bits per heavy atom. The number of hydrogen-bond donors (Lipinski definition) is 0. The van der Waals surface area contributed by atoms with E-state index in [1.54, 1.807) is 0 Å². The Balaban J connectivity index is 1.25. The summed E-state index contributed by atoms with van der Waals surface area (Å²) < 4.78 is 2.40. The second kappa shape index (κ2) is 10.3. The molecule has 0 amide bonds. The number of nitrogens with zero attached hydrogens (tertiary/aromatic N) is 3. The SMILES string of the molecule is CN(C)CCCn1ccc2cc(CN3CCC(CCc4ccccc4)CC3)ccc21. The van der Waals surface area contributed by atoms with E-state index in [2.05, 4.69) is 89.3 Å². The van der Waals surface area contributed by atoms with E-state index < -0.39 is 0 Å². The average Bonchev–Trinajstić information content (AvgIpc) is 3.16. The van der Waals surface area contributed by atoms with Crippen molar-refractivity contribution in [3.8, 4) is 0 Å². The van der Waals surface area contributed by atoms with Gasteiger partial charge in [-0.2, -0.15) is 0 Å². The van der Waals surface area contributed by atoms with Gasteiger partial charge in [-0.15, -0.1) is 0 Å². The zero-order valence-corrected chi connectivity index (χ0v) is 18.8. The van der Waals surface area contributed by atoms with Crippen LogP contribution in [-0.4, -0.2) is 48.1 Å². The Kier molecular flexibility index (Phi) is 7.24. The number of rotatable bonds is 9. The minimum atomic E-state index is 0.889. The fourth-order valence-corrected chi connectivity index (χ4v) is 4.81. The topological polar surface area (TPSA) is 11.4 Å². The van der Waals surface area contributed by atoms with E-state index in [1.807, 2.05) is 0 Å². The normalized spacial score (nSPS) is 16.0. The molecule has 1 aromatic heterocycles. The number of piperidine rings is 1. The number of likely N-dealkylation sites (tertiary alicyclic amines) is 1. The van der Waals surface area contributed by atoms with Gasteiger partial charge in [0.2, 0.25) is 0 Å². The Morgan fingerprint density at radius 1 is 0.933 bits per heavy atom. The van der Waals surface area contributed by atoms with Crippen LogP contribution in [0.1, 0.15) is 36.8 Å². The van der Waals surface area contributed by atoms with Crippen LogP contribution in [0.3, 0.4) is 0 Å². The maximum Gasteiger partial charge on any atom is 0.0480 e. The highest BCUT2D eigenvalue weighted by Gasteiger charge is 2.19. The third-order valence-electron chi connectivity index (χ3n) is 6.64. The average molecular weight is 404 g/mol. The van der Waals surface area contributed by atoms with Crippen LogP contribution >= 0.6 is 0 Å². The number of aryl methyl sites for hydroxylation is 2. The summed E-state index contributed by atoms with van der Waals surface area (Å²) >= 11 is 0. The first kappa shape index (κ1) is 21.1. The lowest BCUT2D eigenvalue weighted by Crippen LogP contribution is -2.33. The third kappa shape index (κ3) is 5.74. The minimum absolute atomic E-state index is 0.889. The molecule has 0 atom stereocenters. The maximum absolute atomic E-state index is 2.65. The van der Waals surface area contributed by atoms with Gasteiger partial charge in [-0.3, -0.25) is 4.90 Å². The summed E-state index contributed by atoms with van der Waals surface area (Å²) in [7, 11) is 4.29. The first-order valence-corrected chi connectivity index (χ1v) is 11.7. The van der Waals surface area contributed by atoms with Gasteiger partial charge in [0.1, 0.15) is 0 Å². The van der Waals surface area contributed by atoms with Gasteiger partial charge < -0.3 is 9.47 Å².